The smallest absolute Gasteiger partial charge is 0.0406 e. The Hall–Kier alpha value is -2.37. The summed E-state index contributed by atoms with van der Waals surface area (Å²) in [5, 5.41) is 13.3. The molecular formula is C36H42Cl3N3. The van der Waals surface area contributed by atoms with Gasteiger partial charge in [0, 0.05) is 34.7 Å². The van der Waals surface area contributed by atoms with E-state index in [1.807, 2.05) is 36.4 Å². The molecule has 3 nitrogen and oxygen atoms in total. The molecule has 0 spiro atoms. The van der Waals surface area contributed by atoms with Crippen LogP contribution < -0.4 is 16.0 Å². The molecule has 3 N–H and O–H groups in total. The summed E-state index contributed by atoms with van der Waals surface area (Å²) in [6, 6.07) is 31.5. The van der Waals surface area contributed by atoms with Gasteiger partial charge in [0.15, 0.2) is 0 Å². The van der Waals surface area contributed by atoms with Crippen molar-refractivity contribution >= 4 is 34.8 Å². The van der Waals surface area contributed by atoms with Crippen molar-refractivity contribution in [3.8, 4) is 0 Å². The van der Waals surface area contributed by atoms with E-state index in [-0.39, 0.29) is 0 Å². The van der Waals surface area contributed by atoms with Gasteiger partial charge in [0.05, 0.1) is 0 Å². The van der Waals surface area contributed by atoms with Crippen LogP contribution in [-0.2, 0) is 38.9 Å². The highest BCUT2D eigenvalue weighted by Crippen LogP contribution is 2.14. The number of aryl methyl sites for hydroxylation is 3. The Morgan fingerprint density at radius 3 is 0.881 bits per heavy atom. The molecule has 0 heterocycles. The summed E-state index contributed by atoms with van der Waals surface area (Å²) < 4.78 is 0. The van der Waals surface area contributed by atoms with Crippen molar-refractivity contribution in [2.75, 3.05) is 19.6 Å². The zero-order chi connectivity index (χ0) is 29.4. The fourth-order valence-corrected chi connectivity index (χ4v) is 5.43. The molecule has 0 saturated carbocycles. The summed E-state index contributed by atoms with van der Waals surface area (Å²) in [7, 11) is 0. The van der Waals surface area contributed by atoms with Crippen molar-refractivity contribution in [3.63, 3.8) is 0 Å². The fraction of sp³-hybridized carbons (Fsp3) is 0.333. The quantitative estimate of drug-likeness (QED) is 0.0971. The third-order valence-electron chi connectivity index (χ3n) is 7.30. The summed E-state index contributed by atoms with van der Waals surface area (Å²) in [6.45, 7) is 5.55. The van der Waals surface area contributed by atoms with Crippen LogP contribution in [-0.4, -0.2) is 19.6 Å². The average Bonchev–Trinajstić information content (AvgIpc) is 2.99. The molecule has 4 aromatic carbocycles. The largest absolute Gasteiger partial charge is 0.313 e. The maximum Gasteiger partial charge on any atom is 0.0406 e. The van der Waals surface area contributed by atoms with E-state index in [9.17, 15) is 0 Å². The van der Waals surface area contributed by atoms with Crippen molar-refractivity contribution in [2.24, 2.45) is 0 Å². The lowest BCUT2D eigenvalue weighted by atomic mass is 10.0. The molecule has 0 aromatic heterocycles. The van der Waals surface area contributed by atoms with Crippen molar-refractivity contribution in [2.45, 2.75) is 58.2 Å². The Morgan fingerprint density at radius 2 is 0.619 bits per heavy atom. The first-order chi connectivity index (χ1) is 20.5. The second-order valence-electron chi connectivity index (χ2n) is 10.9. The maximum absolute atomic E-state index is 6.01. The molecule has 0 aliphatic carbocycles. The molecule has 6 heteroatoms. The molecule has 0 aliphatic rings. The zero-order valence-electron chi connectivity index (χ0n) is 24.3. The van der Waals surface area contributed by atoms with Crippen LogP contribution in [0, 0.1) is 0 Å². The van der Waals surface area contributed by atoms with Gasteiger partial charge in [0.25, 0.3) is 0 Å². The standard InChI is InChI=1S/C36H42Cl3N3/c37-34-13-7-28(8-14-34)4-1-19-40-25-31-22-32(26-41-20-2-5-29-9-15-35(38)16-10-29)24-33(23-31)27-42-21-3-6-30-11-17-36(39)18-12-30/h7-18,22-24,40-42H,1-6,19-21,25-27H2. The molecule has 0 atom stereocenters. The van der Waals surface area contributed by atoms with E-state index < -0.39 is 0 Å². The number of halogens is 3. The van der Waals surface area contributed by atoms with E-state index in [4.69, 9.17) is 34.8 Å². The van der Waals surface area contributed by atoms with Crippen LogP contribution in [0.25, 0.3) is 0 Å². The van der Waals surface area contributed by atoms with Gasteiger partial charge < -0.3 is 16.0 Å². The van der Waals surface area contributed by atoms with Gasteiger partial charge in [-0.25, -0.2) is 0 Å². The minimum Gasteiger partial charge on any atom is -0.313 e. The first kappa shape index (κ1) is 32.5. The van der Waals surface area contributed by atoms with Gasteiger partial charge in [-0.1, -0.05) is 89.4 Å². The number of nitrogens with one attached hydrogen (secondary N) is 3. The Kier molecular flexibility index (Phi) is 14.2. The predicted octanol–water partition coefficient (Wildman–Crippen LogP) is 8.81. The summed E-state index contributed by atoms with van der Waals surface area (Å²) in [5.41, 5.74) is 7.99. The second kappa shape index (κ2) is 18.3. The minimum atomic E-state index is 0.791. The third kappa shape index (κ3) is 12.5. The minimum absolute atomic E-state index is 0.791. The summed E-state index contributed by atoms with van der Waals surface area (Å²) in [5.74, 6) is 0. The van der Waals surface area contributed by atoms with Gasteiger partial charge in [0.2, 0.25) is 0 Å². The number of rotatable bonds is 18. The molecule has 0 aliphatic heterocycles. The van der Waals surface area contributed by atoms with Gasteiger partial charge in [-0.05, 0) is 128 Å². The second-order valence-corrected chi connectivity index (χ2v) is 12.2. The van der Waals surface area contributed by atoms with Crippen molar-refractivity contribution < 1.29 is 0 Å². The topological polar surface area (TPSA) is 36.1 Å². The van der Waals surface area contributed by atoms with Crippen LogP contribution in [0.2, 0.25) is 15.1 Å². The van der Waals surface area contributed by atoms with Gasteiger partial charge in [0.1, 0.15) is 0 Å². The molecule has 0 saturated heterocycles. The summed E-state index contributed by atoms with van der Waals surface area (Å²) >= 11 is 18.0. The molecule has 0 radical (unpaired) electrons. The first-order valence-electron chi connectivity index (χ1n) is 15.0. The Labute approximate surface area is 267 Å². The Bertz CT molecular complexity index is 1150. The zero-order valence-corrected chi connectivity index (χ0v) is 26.5. The molecule has 4 aromatic rings. The monoisotopic (exact) mass is 621 g/mol. The average molecular weight is 623 g/mol. The summed E-state index contributed by atoms with van der Waals surface area (Å²) in [6.07, 6.45) is 6.44. The van der Waals surface area contributed by atoms with Crippen LogP contribution in [0.4, 0.5) is 0 Å². The van der Waals surface area contributed by atoms with Crippen LogP contribution in [0.5, 0.6) is 0 Å². The molecule has 4 rings (SSSR count). The van der Waals surface area contributed by atoms with Gasteiger partial charge in [-0.2, -0.15) is 0 Å². The van der Waals surface area contributed by atoms with E-state index >= 15 is 0 Å². The van der Waals surface area contributed by atoms with Crippen molar-refractivity contribution in [3.05, 3.63) is 139 Å². The van der Waals surface area contributed by atoms with E-state index in [2.05, 4.69) is 70.5 Å². The van der Waals surface area contributed by atoms with Gasteiger partial charge >= 0.3 is 0 Å². The number of benzene rings is 4. The van der Waals surface area contributed by atoms with Gasteiger partial charge in [-0.3, -0.25) is 0 Å². The molecule has 0 bridgehead atoms. The molecule has 0 amide bonds. The fourth-order valence-electron chi connectivity index (χ4n) is 5.05. The van der Waals surface area contributed by atoms with E-state index in [0.29, 0.717) is 0 Å². The number of hydrogen-bond acceptors (Lipinski definition) is 3. The van der Waals surface area contributed by atoms with Crippen LogP contribution in [0.15, 0.2) is 91.0 Å². The van der Waals surface area contributed by atoms with Crippen molar-refractivity contribution in [1.29, 1.82) is 0 Å². The lowest BCUT2D eigenvalue weighted by Gasteiger charge is -2.13. The molecule has 222 valence electrons. The van der Waals surface area contributed by atoms with E-state index in [1.54, 1.807) is 0 Å². The van der Waals surface area contributed by atoms with E-state index in [0.717, 1.165) is 92.9 Å². The SMILES string of the molecule is Clc1ccc(CCCNCc2cc(CNCCCc3ccc(Cl)cc3)cc(CNCCCc3ccc(Cl)cc3)c2)cc1. The number of hydrogen-bond donors (Lipinski definition) is 3. The molecular weight excluding hydrogens is 581 g/mol. The van der Waals surface area contributed by atoms with Crippen LogP contribution in [0.3, 0.4) is 0 Å². The van der Waals surface area contributed by atoms with Crippen LogP contribution in [0.1, 0.15) is 52.6 Å². The summed E-state index contributed by atoms with van der Waals surface area (Å²) in [4.78, 5) is 0. The third-order valence-corrected chi connectivity index (χ3v) is 8.05. The Balaban J connectivity index is 1.23. The first-order valence-corrected chi connectivity index (χ1v) is 16.1. The van der Waals surface area contributed by atoms with Crippen LogP contribution >= 0.6 is 34.8 Å². The van der Waals surface area contributed by atoms with E-state index in [1.165, 1.54) is 33.4 Å². The Morgan fingerprint density at radius 1 is 0.357 bits per heavy atom. The highest BCUT2D eigenvalue weighted by atomic mass is 35.5. The lowest BCUT2D eigenvalue weighted by Crippen LogP contribution is -2.19. The highest BCUT2D eigenvalue weighted by molar-refractivity contribution is 6.31. The van der Waals surface area contributed by atoms with Gasteiger partial charge in [-0.15, -0.1) is 0 Å². The highest BCUT2D eigenvalue weighted by Gasteiger charge is 2.04. The lowest BCUT2D eigenvalue weighted by molar-refractivity contribution is 0.632. The normalized spacial score (nSPS) is 11.2. The van der Waals surface area contributed by atoms with Crippen molar-refractivity contribution in [1.82, 2.24) is 16.0 Å². The maximum atomic E-state index is 6.01. The predicted molar refractivity (Wildman–Crippen MR) is 181 cm³/mol. The molecule has 42 heavy (non-hydrogen) atoms. The molecule has 0 fully saturated rings. The molecule has 0 unspecified atom stereocenters.